The first-order valence-electron chi connectivity index (χ1n) is 12.3. The third-order valence-corrected chi connectivity index (χ3v) is 9.43. The van der Waals surface area contributed by atoms with E-state index in [4.69, 9.17) is 14.2 Å². The molecule has 6 heteroatoms. The van der Waals surface area contributed by atoms with Crippen LogP contribution in [0.25, 0.3) is 0 Å². The lowest BCUT2D eigenvalue weighted by atomic mass is 9.48. The van der Waals surface area contributed by atoms with E-state index in [9.17, 15) is 14.4 Å². The lowest BCUT2D eigenvalue weighted by molar-refractivity contribution is -0.204. The van der Waals surface area contributed by atoms with Gasteiger partial charge in [-0.15, -0.1) is 0 Å². The molecule has 182 valence electrons. The molecule has 2 saturated carbocycles. The molecular formula is C27H38O6. The van der Waals surface area contributed by atoms with E-state index >= 15 is 0 Å². The largest absolute Gasteiger partial charge is 0.458 e. The van der Waals surface area contributed by atoms with Crippen molar-refractivity contribution in [3.8, 4) is 0 Å². The quantitative estimate of drug-likeness (QED) is 0.333. The fraction of sp³-hybridized carbons (Fsp3) is 0.741. The molecule has 4 rings (SSSR count). The number of ketones is 2. The van der Waals surface area contributed by atoms with E-state index in [0.717, 1.165) is 19.3 Å². The number of fused-ring (bicyclic) bond motifs is 5. The monoisotopic (exact) mass is 458 g/mol. The Morgan fingerprint density at radius 3 is 2.55 bits per heavy atom. The van der Waals surface area contributed by atoms with Crippen LogP contribution in [0.15, 0.2) is 23.3 Å². The van der Waals surface area contributed by atoms with E-state index in [0.29, 0.717) is 24.7 Å². The van der Waals surface area contributed by atoms with Crippen LogP contribution in [0.2, 0.25) is 0 Å². The fourth-order valence-electron chi connectivity index (χ4n) is 8.01. The Morgan fingerprint density at radius 1 is 1.15 bits per heavy atom. The fourth-order valence-corrected chi connectivity index (χ4v) is 8.01. The van der Waals surface area contributed by atoms with Crippen LogP contribution in [0.4, 0.5) is 0 Å². The van der Waals surface area contributed by atoms with E-state index < -0.39 is 17.0 Å². The lowest BCUT2D eigenvalue weighted by Crippen LogP contribution is -2.59. The number of carbonyl (C=O) groups is 3. The first-order chi connectivity index (χ1) is 15.5. The topological polar surface area (TPSA) is 78.9 Å². The third-order valence-electron chi connectivity index (χ3n) is 9.43. The molecule has 2 fully saturated rings. The van der Waals surface area contributed by atoms with Gasteiger partial charge in [0, 0.05) is 31.3 Å². The molecule has 4 aliphatic rings. The maximum Gasteiger partial charge on any atom is 0.303 e. The Morgan fingerprint density at radius 2 is 1.88 bits per heavy atom. The van der Waals surface area contributed by atoms with E-state index in [-0.39, 0.29) is 42.2 Å². The minimum atomic E-state index is -1.08. The number of hydrogen-bond acceptors (Lipinski definition) is 6. The van der Waals surface area contributed by atoms with Gasteiger partial charge >= 0.3 is 5.97 Å². The molecular weight excluding hydrogens is 420 g/mol. The summed E-state index contributed by atoms with van der Waals surface area (Å²) in [5.41, 5.74) is 1.14. The van der Waals surface area contributed by atoms with Crippen LogP contribution in [0.3, 0.4) is 0 Å². The number of ether oxygens (including phenoxy) is 3. The van der Waals surface area contributed by atoms with Crippen molar-refractivity contribution in [2.24, 2.45) is 34.5 Å². The summed E-state index contributed by atoms with van der Waals surface area (Å²) >= 11 is 0. The molecule has 0 aromatic rings. The van der Waals surface area contributed by atoms with Crippen molar-refractivity contribution in [3.05, 3.63) is 23.3 Å². The van der Waals surface area contributed by atoms with Crippen molar-refractivity contribution >= 4 is 17.5 Å². The third kappa shape index (κ3) is 3.47. The van der Waals surface area contributed by atoms with Gasteiger partial charge in [-0.05, 0) is 55.4 Å². The molecule has 0 bridgehead atoms. The number of carbonyl (C=O) groups excluding carboxylic acids is 3. The summed E-state index contributed by atoms with van der Waals surface area (Å²) in [7, 11) is 1.56. The summed E-state index contributed by atoms with van der Waals surface area (Å²) in [4.78, 5) is 37.4. The average Bonchev–Trinajstić information content (AvgIpc) is 2.99. The molecule has 0 aromatic carbocycles. The molecule has 0 unspecified atom stereocenters. The van der Waals surface area contributed by atoms with Gasteiger partial charge < -0.3 is 14.2 Å². The number of rotatable bonds is 6. The first kappa shape index (κ1) is 24.3. The highest BCUT2D eigenvalue weighted by atomic mass is 16.7. The second kappa shape index (κ2) is 8.46. The zero-order chi connectivity index (χ0) is 24.2. The molecule has 0 heterocycles. The molecule has 0 aliphatic heterocycles. The highest BCUT2D eigenvalue weighted by molar-refractivity contribution is 5.92. The average molecular weight is 459 g/mol. The van der Waals surface area contributed by atoms with E-state index in [1.165, 1.54) is 18.1 Å². The van der Waals surface area contributed by atoms with Crippen LogP contribution in [0.1, 0.15) is 66.7 Å². The maximum absolute atomic E-state index is 13.7. The maximum atomic E-state index is 13.7. The summed E-state index contributed by atoms with van der Waals surface area (Å²) < 4.78 is 16.7. The van der Waals surface area contributed by atoms with E-state index in [1.807, 2.05) is 6.08 Å². The minimum Gasteiger partial charge on any atom is -0.458 e. The van der Waals surface area contributed by atoms with Gasteiger partial charge in [-0.3, -0.25) is 14.4 Å². The van der Waals surface area contributed by atoms with Crippen LogP contribution in [0, 0.1) is 34.5 Å². The number of Topliss-reactive ketones (excluding diaryl/α,β-unsaturated/α-hetero) is 1. The summed E-state index contributed by atoms with van der Waals surface area (Å²) in [6, 6.07) is 0. The van der Waals surface area contributed by atoms with Crippen LogP contribution in [0.5, 0.6) is 0 Å². The zero-order valence-corrected chi connectivity index (χ0v) is 20.9. The Hall–Kier alpha value is -1.79. The summed E-state index contributed by atoms with van der Waals surface area (Å²) in [6.07, 6.45) is 8.27. The molecule has 0 N–H and O–H groups in total. The van der Waals surface area contributed by atoms with E-state index in [2.05, 4.69) is 33.8 Å². The van der Waals surface area contributed by atoms with Crippen molar-refractivity contribution in [3.63, 3.8) is 0 Å². The molecule has 4 aliphatic carbocycles. The number of methoxy groups -OCH3 is 1. The predicted molar refractivity (Wildman–Crippen MR) is 123 cm³/mol. The van der Waals surface area contributed by atoms with E-state index in [1.54, 1.807) is 7.11 Å². The molecule has 0 saturated heterocycles. The van der Waals surface area contributed by atoms with Gasteiger partial charge in [0.1, 0.15) is 12.4 Å². The summed E-state index contributed by atoms with van der Waals surface area (Å²) in [6.45, 7) is 9.87. The molecule has 0 amide bonds. The Balaban J connectivity index is 1.77. The second-order valence-corrected chi connectivity index (χ2v) is 11.2. The number of hydrogen-bond donors (Lipinski definition) is 0. The van der Waals surface area contributed by atoms with Crippen molar-refractivity contribution in [1.29, 1.82) is 0 Å². The Bertz CT molecular complexity index is 918. The lowest BCUT2D eigenvalue weighted by Gasteiger charge is -2.56. The first-order valence-corrected chi connectivity index (χ1v) is 12.3. The molecule has 6 nitrogen and oxygen atoms in total. The van der Waals surface area contributed by atoms with Crippen molar-refractivity contribution in [2.45, 2.75) is 72.3 Å². The van der Waals surface area contributed by atoms with Crippen molar-refractivity contribution in [2.75, 3.05) is 20.5 Å². The minimum absolute atomic E-state index is 0.0167. The standard InChI is InChI=1S/C27H38O6/c1-16-11-20-21(25(4)9-7-19(29)13-22(16)25)8-10-26(5)23(20)12-17(2)27(26,33-15-31-6)24(30)14-32-18(3)28/h8,13,16-17,20,23H,7,9-12,14-15H2,1-6H3/t16-,17-,20+,23-,25+,26-,27-/m0/s1. The number of esters is 1. The van der Waals surface area contributed by atoms with Gasteiger partial charge in [0.2, 0.25) is 5.78 Å². The van der Waals surface area contributed by atoms with Crippen LogP contribution >= 0.6 is 0 Å². The summed E-state index contributed by atoms with van der Waals surface area (Å²) in [5.74, 6) is 0.491. The van der Waals surface area contributed by atoms with Gasteiger partial charge in [-0.2, -0.15) is 0 Å². The second-order valence-electron chi connectivity index (χ2n) is 11.2. The summed E-state index contributed by atoms with van der Waals surface area (Å²) in [5, 5.41) is 0. The highest BCUT2D eigenvalue weighted by Gasteiger charge is 2.69. The molecule has 7 atom stereocenters. The Kier molecular flexibility index (Phi) is 6.24. The predicted octanol–water partition coefficient (Wildman–Crippen LogP) is 4.42. The zero-order valence-electron chi connectivity index (χ0n) is 20.9. The number of allylic oxidation sites excluding steroid dienone is 4. The molecule has 0 radical (unpaired) electrons. The van der Waals surface area contributed by atoms with Gasteiger partial charge in [-0.25, -0.2) is 0 Å². The van der Waals surface area contributed by atoms with Crippen LogP contribution in [-0.2, 0) is 28.6 Å². The van der Waals surface area contributed by atoms with Gasteiger partial charge in [0.25, 0.3) is 0 Å². The SMILES string of the molecule is COCO[C@]1(C(=O)COC(C)=O)[C@@H](C)C[C@H]2[C@@H]3C[C@H](C)C4=CC(=O)CC[C@]4(C)C3=CC[C@@]21C. The van der Waals surface area contributed by atoms with Gasteiger partial charge in [0.05, 0.1) is 0 Å². The van der Waals surface area contributed by atoms with Gasteiger partial charge in [-0.1, -0.05) is 44.9 Å². The molecule has 0 spiro atoms. The smallest absolute Gasteiger partial charge is 0.303 e. The van der Waals surface area contributed by atoms with Crippen LogP contribution in [-0.4, -0.2) is 43.6 Å². The molecule has 33 heavy (non-hydrogen) atoms. The van der Waals surface area contributed by atoms with Crippen molar-refractivity contribution in [1.82, 2.24) is 0 Å². The van der Waals surface area contributed by atoms with Crippen LogP contribution < -0.4 is 0 Å². The highest BCUT2D eigenvalue weighted by Crippen LogP contribution is 2.68. The molecule has 0 aromatic heterocycles. The Labute approximate surface area is 197 Å². The van der Waals surface area contributed by atoms with Crippen molar-refractivity contribution < 1.29 is 28.6 Å². The normalized spacial score (nSPS) is 41.9. The van der Waals surface area contributed by atoms with Gasteiger partial charge in [0.15, 0.2) is 12.4 Å².